The molecule has 6 N–H and O–H groups in total. The Hall–Kier alpha value is -0.440. The summed E-state index contributed by atoms with van der Waals surface area (Å²) in [5.74, 6) is -1.69. The van der Waals surface area contributed by atoms with Crippen molar-refractivity contribution in [1.82, 2.24) is 0 Å². The molecule has 0 radical (unpaired) electrons. The van der Waals surface area contributed by atoms with Gasteiger partial charge in [0.2, 0.25) is 0 Å². The Morgan fingerprint density at radius 2 is 1.10 bits per heavy atom. The van der Waals surface area contributed by atoms with Gasteiger partial charge < -0.3 is 54.3 Å². The smallest absolute Gasteiger partial charge is 0.187 e. The second kappa shape index (κ2) is 10.2. The van der Waals surface area contributed by atoms with Crippen LogP contribution in [0.25, 0.3) is 0 Å². The minimum atomic E-state index is -1.49. The van der Waals surface area contributed by atoms with Crippen molar-refractivity contribution in [1.29, 1.82) is 0 Å². The maximum atomic E-state index is 10.8. The Morgan fingerprint density at radius 1 is 0.677 bits per heavy atom. The van der Waals surface area contributed by atoms with E-state index in [1.807, 2.05) is 0 Å². The first-order valence-electron chi connectivity index (χ1n) is 10.4. The summed E-state index contributed by atoms with van der Waals surface area (Å²) < 4.78 is 27.7. The van der Waals surface area contributed by atoms with Crippen molar-refractivity contribution in [3.05, 3.63) is 0 Å². The van der Waals surface area contributed by atoms with Crippen LogP contribution in [0.3, 0.4) is 0 Å². The molecule has 0 amide bonds. The second-order valence-corrected chi connectivity index (χ2v) is 9.23. The van der Waals surface area contributed by atoms with Crippen LogP contribution in [0, 0.1) is 11.8 Å². The van der Waals surface area contributed by atoms with E-state index < -0.39 is 85.5 Å². The van der Waals surface area contributed by atoms with Crippen molar-refractivity contribution >= 4 is 0 Å². The standard InChI is InChI=1S/C20H38O11/c1-19(2,28-6)11-9(7-21)30-18(16(26)13(11)23)31-20(3,4)12-10(8-22)29-17(27-5)15(25)14(12)24/h9-18,21-26H,7-8H2,1-6H3. The Balaban J connectivity index is 2.25. The number of aliphatic hydroxyl groups is 6. The van der Waals surface area contributed by atoms with Gasteiger partial charge in [0.25, 0.3) is 0 Å². The van der Waals surface area contributed by atoms with E-state index in [1.165, 1.54) is 14.2 Å². The number of hydrogen-bond donors (Lipinski definition) is 6. The van der Waals surface area contributed by atoms with E-state index in [1.54, 1.807) is 27.7 Å². The quantitative estimate of drug-likeness (QED) is 0.239. The van der Waals surface area contributed by atoms with Crippen molar-refractivity contribution in [2.75, 3.05) is 27.4 Å². The number of methoxy groups -OCH3 is 2. The molecule has 0 spiro atoms. The topological polar surface area (TPSA) is 168 Å². The van der Waals surface area contributed by atoms with Crippen molar-refractivity contribution < 1.29 is 54.3 Å². The molecule has 10 atom stereocenters. The van der Waals surface area contributed by atoms with E-state index in [0.717, 1.165) is 0 Å². The zero-order valence-electron chi connectivity index (χ0n) is 18.9. The molecule has 0 aromatic rings. The molecule has 2 rings (SSSR count). The molecule has 2 heterocycles. The Bertz CT molecular complexity index is 567. The molecule has 0 aromatic carbocycles. The van der Waals surface area contributed by atoms with Crippen LogP contribution in [0.15, 0.2) is 0 Å². The van der Waals surface area contributed by atoms with Gasteiger partial charge in [0.15, 0.2) is 12.6 Å². The van der Waals surface area contributed by atoms with Crippen molar-refractivity contribution in [2.24, 2.45) is 11.8 Å². The van der Waals surface area contributed by atoms with Gasteiger partial charge >= 0.3 is 0 Å². The summed E-state index contributed by atoms with van der Waals surface area (Å²) >= 11 is 0. The molecule has 10 unspecified atom stereocenters. The van der Waals surface area contributed by atoms with Gasteiger partial charge in [-0.1, -0.05) is 0 Å². The van der Waals surface area contributed by atoms with Crippen molar-refractivity contribution in [2.45, 2.75) is 88.1 Å². The monoisotopic (exact) mass is 454 g/mol. The van der Waals surface area contributed by atoms with Gasteiger partial charge in [0.1, 0.15) is 12.2 Å². The van der Waals surface area contributed by atoms with Gasteiger partial charge in [-0.25, -0.2) is 0 Å². The van der Waals surface area contributed by atoms with E-state index in [-0.39, 0.29) is 0 Å². The van der Waals surface area contributed by atoms with Crippen LogP contribution in [-0.2, 0) is 23.7 Å². The first-order chi connectivity index (χ1) is 14.4. The van der Waals surface area contributed by atoms with E-state index >= 15 is 0 Å². The molecular formula is C20H38O11. The first-order valence-corrected chi connectivity index (χ1v) is 10.4. The van der Waals surface area contributed by atoms with Crippen molar-refractivity contribution in [3.63, 3.8) is 0 Å². The average Bonchev–Trinajstić information content (AvgIpc) is 2.72. The van der Waals surface area contributed by atoms with E-state index in [9.17, 15) is 30.6 Å². The fraction of sp³-hybridized carbons (Fsp3) is 1.00. The molecule has 184 valence electrons. The zero-order valence-corrected chi connectivity index (χ0v) is 18.9. The minimum Gasteiger partial charge on any atom is -0.394 e. The number of rotatable bonds is 8. The number of hydrogen-bond acceptors (Lipinski definition) is 11. The lowest BCUT2D eigenvalue weighted by Gasteiger charge is -2.52. The van der Waals surface area contributed by atoms with Crippen LogP contribution in [0.2, 0.25) is 0 Å². The van der Waals surface area contributed by atoms with Gasteiger partial charge in [0, 0.05) is 26.1 Å². The SMILES string of the molecule is COC1OC(CO)C(C(C)(C)OC2OC(CO)C(C(C)(C)OC)C(O)C2O)C(O)C1O. The molecule has 0 aliphatic carbocycles. The van der Waals surface area contributed by atoms with Crippen LogP contribution in [0.4, 0.5) is 0 Å². The highest BCUT2D eigenvalue weighted by Crippen LogP contribution is 2.41. The lowest BCUT2D eigenvalue weighted by atomic mass is 9.76. The molecule has 31 heavy (non-hydrogen) atoms. The highest BCUT2D eigenvalue weighted by Gasteiger charge is 2.56. The lowest BCUT2D eigenvalue weighted by molar-refractivity contribution is -0.356. The third kappa shape index (κ3) is 5.22. The predicted octanol–water partition coefficient (Wildman–Crippen LogP) is -2.04. The van der Waals surface area contributed by atoms with Crippen LogP contribution >= 0.6 is 0 Å². The van der Waals surface area contributed by atoms with Crippen LogP contribution < -0.4 is 0 Å². The summed E-state index contributed by atoms with van der Waals surface area (Å²) in [6.07, 6.45) is -9.97. The average molecular weight is 455 g/mol. The summed E-state index contributed by atoms with van der Waals surface area (Å²) in [5, 5.41) is 62.1. The Morgan fingerprint density at radius 3 is 1.52 bits per heavy atom. The first kappa shape index (κ1) is 26.8. The van der Waals surface area contributed by atoms with E-state index in [2.05, 4.69) is 0 Å². The maximum absolute atomic E-state index is 10.8. The summed E-state index contributed by atoms with van der Waals surface area (Å²) in [5.41, 5.74) is -2.22. The van der Waals surface area contributed by atoms with Crippen LogP contribution in [0.1, 0.15) is 27.7 Å². The molecular weight excluding hydrogens is 416 g/mol. The highest BCUT2D eigenvalue weighted by molar-refractivity contribution is 5.01. The fourth-order valence-electron chi connectivity index (χ4n) is 4.70. The summed E-state index contributed by atoms with van der Waals surface area (Å²) in [6.45, 7) is 5.63. The number of aliphatic hydroxyl groups excluding tert-OH is 6. The highest BCUT2D eigenvalue weighted by atomic mass is 16.7. The third-order valence-electron chi connectivity index (χ3n) is 6.56. The van der Waals surface area contributed by atoms with Gasteiger partial charge in [-0.3, -0.25) is 0 Å². The molecule has 11 heteroatoms. The van der Waals surface area contributed by atoms with Gasteiger partial charge in [-0.05, 0) is 27.7 Å². The van der Waals surface area contributed by atoms with Crippen molar-refractivity contribution in [3.8, 4) is 0 Å². The summed E-state index contributed by atoms with van der Waals surface area (Å²) in [4.78, 5) is 0. The van der Waals surface area contributed by atoms with Gasteiger partial charge in [0.05, 0.1) is 48.8 Å². The second-order valence-electron chi connectivity index (χ2n) is 9.23. The summed E-state index contributed by atoms with van der Waals surface area (Å²) in [6, 6.07) is 0. The molecule has 2 aliphatic rings. The van der Waals surface area contributed by atoms with Crippen LogP contribution in [0.5, 0.6) is 0 Å². The van der Waals surface area contributed by atoms with E-state index in [0.29, 0.717) is 0 Å². The maximum Gasteiger partial charge on any atom is 0.187 e. The normalized spacial score (nSPS) is 42.6. The molecule has 0 saturated carbocycles. The third-order valence-corrected chi connectivity index (χ3v) is 6.56. The molecule has 2 fully saturated rings. The van der Waals surface area contributed by atoms with Gasteiger partial charge in [-0.2, -0.15) is 0 Å². The Labute approximate surface area is 182 Å². The Kier molecular flexibility index (Phi) is 8.84. The molecule has 2 aliphatic heterocycles. The fourth-order valence-corrected chi connectivity index (χ4v) is 4.70. The number of ether oxygens (including phenoxy) is 5. The van der Waals surface area contributed by atoms with Gasteiger partial charge in [-0.15, -0.1) is 0 Å². The molecule has 2 saturated heterocycles. The predicted molar refractivity (Wildman–Crippen MR) is 106 cm³/mol. The molecule has 11 nitrogen and oxygen atoms in total. The minimum absolute atomic E-state index is 0.454. The van der Waals surface area contributed by atoms with Crippen LogP contribution in [-0.4, -0.2) is 118 Å². The largest absolute Gasteiger partial charge is 0.394 e. The summed E-state index contributed by atoms with van der Waals surface area (Å²) in [7, 11) is 2.76. The molecule has 0 aromatic heterocycles. The lowest BCUT2D eigenvalue weighted by Crippen LogP contribution is -2.66. The zero-order chi connectivity index (χ0) is 23.7. The molecule has 0 bridgehead atoms. The van der Waals surface area contributed by atoms with E-state index in [4.69, 9.17) is 23.7 Å².